The first-order valence-electron chi connectivity index (χ1n) is 4.74. The van der Waals surface area contributed by atoms with E-state index in [9.17, 15) is 0 Å². The van der Waals surface area contributed by atoms with Crippen molar-refractivity contribution in [3.8, 4) is 17.0 Å². The van der Waals surface area contributed by atoms with Crippen molar-refractivity contribution in [3.63, 3.8) is 0 Å². The smallest absolute Gasteiger partial charge is 0.115 e. The molecule has 1 aromatic carbocycles. The molecule has 1 heterocycles. The van der Waals surface area contributed by atoms with E-state index in [0.29, 0.717) is 6.54 Å². The molecule has 0 aliphatic rings. The second-order valence-electron chi connectivity index (χ2n) is 3.30. The van der Waals surface area contributed by atoms with Gasteiger partial charge in [0.05, 0.1) is 5.69 Å². The molecule has 2 aromatic rings. The first kappa shape index (κ1) is 9.68. The van der Waals surface area contributed by atoms with Crippen molar-refractivity contribution in [1.29, 1.82) is 0 Å². The van der Waals surface area contributed by atoms with E-state index in [4.69, 9.17) is 10.8 Å². The summed E-state index contributed by atoms with van der Waals surface area (Å²) in [6, 6.07) is 10.8. The molecule has 76 valence electrons. The fourth-order valence-electron chi connectivity index (χ4n) is 1.39. The lowest BCUT2D eigenvalue weighted by Gasteiger charge is -2.02. The molecule has 0 bridgehead atoms. The third kappa shape index (κ3) is 2.14. The van der Waals surface area contributed by atoms with Crippen LogP contribution >= 0.6 is 0 Å². The van der Waals surface area contributed by atoms with Gasteiger partial charge in [-0.3, -0.25) is 4.98 Å². The predicted octanol–water partition coefficient (Wildman–Crippen LogP) is 1.91. The van der Waals surface area contributed by atoms with E-state index in [1.54, 1.807) is 18.3 Å². The van der Waals surface area contributed by atoms with Crippen molar-refractivity contribution in [2.24, 2.45) is 5.73 Å². The molecule has 0 unspecified atom stereocenters. The topological polar surface area (TPSA) is 59.1 Å². The van der Waals surface area contributed by atoms with Gasteiger partial charge in [-0.05, 0) is 42.0 Å². The van der Waals surface area contributed by atoms with Crippen molar-refractivity contribution in [2.75, 3.05) is 0 Å². The van der Waals surface area contributed by atoms with E-state index in [1.165, 1.54) is 0 Å². The van der Waals surface area contributed by atoms with Crippen LogP contribution in [0.5, 0.6) is 5.75 Å². The van der Waals surface area contributed by atoms with Gasteiger partial charge < -0.3 is 10.8 Å². The quantitative estimate of drug-likeness (QED) is 0.778. The maximum Gasteiger partial charge on any atom is 0.115 e. The van der Waals surface area contributed by atoms with Gasteiger partial charge >= 0.3 is 0 Å². The van der Waals surface area contributed by atoms with Crippen LogP contribution in [0.3, 0.4) is 0 Å². The summed E-state index contributed by atoms with van der Waals surface area (Å²) in [7, 11) is 0. The minimum atomic E-state index is 0.258. The summed E-state index contributed by atoms with van der Waals surface area (Å²) >= 11 is 0. The number of benzene rings is 1. The normalized spacial score (nSPS) is 10.2. The third-order valence-electron chi connectivity index (χ3n) is 2.22. The molecule has 0 saturated heterocycles. The molecule has 3 N–H and O–H groups in total. The third-order valence-corrected chi connectivity index (χ3v) is 2.22. The van der Waals surface area contributed by atoms with Crippen LogP contribution < -0.4 is 5.73 Å². The Kier molecular flexibility index (Phi) is 2.65. The lowest BCUT2D eigenvalue weighted by molar-refractivity contribution is 0.475. The van der Waals surface area contributed by atoms with Crippen LogP contribution in [0.25, 0.3) is 11.3 Å². The molecule has 0 fully saturated rings. The molecule has 15 heavy (non-hydrogen) atoms. The van der Waals surface area contributed by atoms with Gasteiger partial charge in [-0.15, -0.1) is 0 Å². The number of nitrogens with zero attached hydrogens (tertiary/aromatic N) is 1. The maximum atomic E-state index is 9.16. The molecule has 2 rings (SSSR count). The first-order chi connectivity index (χ1) is 7.29. The number of hydrogen-bond acceptors (Lipinski definition) is 3. The summed E-state index contributed by atoms with van der Waals surface area (Å²) in [4.78, 5) is 4.25. The number of pyridine rings is 1. The summed E-state index contributed by atoms with van der Waals surface area (Å²) in [6.45, 7) is 0.508. The predicted molar refractivity (Wildman–Crippen MR) is 59.2 cm³/mol. The zero-order chi connectivity index (χ0) is 10.7. The number of phenolic OH excluding ortho intramolecular Hbond substituents is 1. The molecular formula is C12H12N2O. The van der Waals surface area contributed by atoms with Crippen LogP contribution in [-0.4, -0.2) is 10.1 Å². The minimum absolute atomic E-state index is 0.258. The van der Waals surface area contributed by atoms with Crippen molar-refractivity contribution in [1.82, 2.24) is 4.98 Å². The fourth-order valence-corrected chi connectivity index (χ4v) is 1.39. The van der Waals surface area contributed by atoms with Crippen LogP contribution in [0, 0.1) is 0 Å². The van der Waals surface area contributed by atoms with Crippen molar-refractivity contribution < 1.29 is 5.11 Å². The zero-order valence-corrected chi connectivity index (χ0v) is 8.22. The maximum absolute atomic E-state index is 9.16. The van der Waals surface area contributed by atoms with E-state index in [0.717, 1.165) is 16.8 Å². The van der Waals surface area contributed by atoms with Gasteiger partial charge in [0.25, 0.3) is 0 Å². The van der Waals surface area contributed by atoms with Crippen molar-refractivity contribution >= 4 is 0 Å². The summed E-state index contributed by atoms with van der Waals surface area (Å²) in [5.74, 6) is 0.258. The van der Waals surface area contributed by atoms with Gasteiger partial charge in [0.1, 0.15) is 5.75 Å². The summed E-state index contributed by atoms with van der Waals surface area (Å²) in [5.41, 5.74) is 8.45. The Morgan fingerprint density at radius 3 is 2.53 bits per heavy atom. The zero-order valence-electron chi connectivity index (χ0n) is 8.22. The Labute approximate surface area is 88.2 Å². The first-order valence-corrected chi connectivity index (χ1v) is 4.74. The molecule has 1 aromatic heterocycles. The van der Waals surface area contributed by atoms with Gasteiger partial charge in [-0.1, -0.05) is 0 Å². The van der Waals surface area contributed by atoms with Crippen LogP contribution in [0.1, 0.15) is 5.56 Å². The number of hydrogen-bond donors (Lipinski definition) is 2. The van der Waals surface area contributed by atoms with Crippen LogP contribution in [0.4, 0.5) is 0 Å². The van der Waals surface area contributed by atoms with Gasteiger partial charge in [-0.25, -0.2) is 0 Å². The molecule has 0 radical (unpaired) electrons. The Balaban J connectivity index is 2.40. The average molecular weight is 200 g/mol. The average Bonchev–Trinajstić information content (AvgIpc) is 2.30. The summed E-state index contributed by atoms with van der Waals surface area (Å²) in [6.07, 6.45) is 1.74. The number of aromatic hydroxyl groups is 1. The Morgan fingerprint density at radius 1 is 1.13 bits per heavy atom. The monoisotopic (exact) mass is 200 g/mol. The standard InChI is InChI=1S/C12H12N2O/c13-8-9-5-6-14-12(7-9)10-1-3-11(15)4-2-10/h1-7,15H,8,13H2. The second-order valence-corrected chi connectivity index (χ2v) is 3.30. The van der Waals surface area contributed by atoms with E-state index >= 15 is 0 Å². The highest BCUT2D eigenvalue weighted by Crippen LogP contribution is 2.20. The Morgan fingerprint density at radius 2 is 1.87 bits per heavy atom. The number of phenols is 1. The van der Waals surface area contributed by atoms with Gasteiger partial charge in [-0.2, -0.15) is 0 Å². The van der Waals surface area contributed by atoms with Crippen molar-refractivity contribution in [2.45, 2.75) is 6.54 Å². The summed E-state index contributed by atoms with van der Waals surface area (Å²) in [5, 5.41) is 9.16. The molecule has 3 heteroatoms. The highest BCUT2D eigenvalue weighted by molar-refractivity contribution is 5.60. The highest BCUT2D eigenvalue weighted by Gasteiger charge is 1.99. The van der Waals surface area contributed by atoms with Crippen LogP contribution in [-0.2, 0) is 6.54 Å². The number of rotatable bonds is 2. The highest BCUT2D eigenvalue weighted by atomic mass is 16.3. The van der Waals surface area contributed by atoms with Crippen molar-refractivity contribution in [3.05, 3.63) is 48.2 Å². The van der Waals surface area contributed by atoms with Gasteiger partial charge in [0.15, 0.2) is 0 Å². The molecule has 0 atom stereocenters. The van der Waals surface area contributed by atoms with Gasteiger partial charge in [0.2, 0.25) is 0 Å². The van der Waals surface area contributed by atoms with E-state index in [-0.39, 0.29) is 5.75 Å². The second kappa shape index (κ2) is 4.11. The Bertz CT molecular complexity index is 451. The van der Waals surface area contributed by atoms with E-state index < -0.39 is 0 Å². The lowest BCUT2D eigenvalue weighted by Crippen LogP contribution is -1.96. The molecule has 0 aliphatic heterocycles. The molecule has 3 nitrogen and oxygen atoms in total. The molecule has 0 spiro atoms. The Hall–Kier alpha value is -1.87. The number of nitrogens with two attached hydrogens (primary N) is 1. The SMILES string of the molecule is NCc1ccnc(-c2ccc(O)cc2)c1. The van der Waals surface area contributed by atoms with Crippen LogP contribution in [0.2, 0.25) is 0 Å². The fraction of sp³-hybridized carbons (Fsp3) is 0.0833. The molecule has 0 saturated carbocycles. The molecular weight excluding hydrogens is 188 g/mol. The molecule has 0 amide bonds. The van der Waals surface area contributed by atoms with E-state index in [1.807, 2.05) is 24.3 Å². The summed E-state index contributed by atoms with van der Waals surface area (Å²) < 4.78 is 0. The largest absolute Gasteiger partial charge is 0.508 e. The molecule has 0 aliphatic carbocycles. The number of aromatic nitrogens is 1. The lowest BCUT2D eigenvalue weighted by atomic mass is 10.1. The van der Waals surface area contributed by atoms with E-state index in [2.05, 4.69) is 4.98 Å². The minimum Gasteiger partial charge on any atom is -0.508 e. The van der Waals surface area contributed by atoms with Crippen LogP contribution in [0.15, 0.2) is 42.6 Å². The van der Waals surface area contributed by atoms with Gasteiger partial charge in [0, 0.05) is 18.3 Å².